The molecule has 0 aromatic carbocycles. The van der Waals surface area contributed by atoms with Gasteiger partial charge >= 0.3 is 0 Å². The van der Waals surface area contributed by atoms with E-state index in [1.807, 2.05) is 6.92 Å². The number of carbonyl (C=O) groups is 1. The van der Waals surface area contributed by atoms with Crippen LogP contribution < -0.4 is 5.32 Å². The Hall–Kier alpha value is -1.33. The maximum Gasteiger partial charge on any atom is 0.255 e. The Bertz CT molecular complexity index is 490. The molecule has 0 saturated carbocycles. The lowest BCUT2D eigenvalue weighted by molar-refractivity contribution is 0.0388. The summed E-state index contributed by atoms with van der Waals surface area (Å²) in [5, 5.41) is 3.47. The molecule has 1 aliphatic rings. The highest BCUT2D eigenvalue weighted by molar-refractivity contribution is 6.33. The van der Waals surface area contributed by atoms with Gasteiger partial charge in [-0.15, -0.1) is 0 Å². The zero-order valence-electron chi connectivity index (χ0n) is 12.6. The summed E-state index contributed by atoms with van der Waals surface area (Å²) in [6.07, 6.45) is 3.68. The van der Waals surface area contributed by atoms with Crippen LogP contribution in [0, 0.1) is 5.92 Å². The molecule has 6 heteroatoms. The summed E-state index contributed by atoms with van der Waals surface area (Å²) in [6, 6.07) is 1.71. The predicted octanol–water partition coefficient (Wildman–Crippen LogP) is 2.67. The van der Waals surface area contributed by atoms with Crippen LogP contribution in [0.15, 0.2) is 12.3 Å². The predicted molar refractivity (Wildman–Crippen MR) is 83.9 cm³/mol. The number of aromatic nitrogens is 1. The number of amides is 1. The first-order valence-electron chi connectivity index (χ1n) is 7.34. The Balaban J connectivity index is 2.05. The topological polar surface area (TPSA) is 54.5 Å². The van der Waals surface area contributed by atoms with Crippen LogP contribution in [0.5, 0.6) is 0 Å². The average molecular weight is 312 g/mol. The lowest BCUT2D eigenvalue weighted by atomic mass is 10.0. The van der Waals surface area contributed by atoms with Gasteiger partial charge in [0.1, 0.15) is 5.82 Å². The fourth-order valence-electron chi connectivity index (χ4n) is 2.51. The fourth-order valence-corrected chi connectivity index (χ4v) is 2.69. The third-order valence-corrected chi connectivity index (χ3v) is 3.88. The van der Waals surface area contributed by atoms with Gasteiger partial charge in [-0.3, -0.25) is 4.79 Å². The number of halogens is 1. The highest BCUT2D eigenvalue weighted by Crippen LogP contribution is 2.21. The quantitative estimate of drug-likeness (QED) is 0.908. The van der Waals surface area contributed by atoms with Gasteiger partial charge in [-0.2, -0.15) is 0 Å². The number of anilines is 1. The van der Waals surface area contributed by atoms with Crippen LogP contribution in [0.3, 0.4) is 0 Å². The highest BCUT2D eigenvalue weighted by atomic mass is 35.5. The zero-order valence-corrected chi connectivity index (χ0v) is 13.3. The number of ether oxygens (including phenoxy) is 1. The van der Waals surface area contributed by atoms with Gasteiger partial charge in [0.15, 0.2) is 0 Å². The number of carbonyl (C=O) groups excluding carboxylic acids is 1. The van der Waals surface area contributed by atoms with Gasteiger partial charge in [0.25, 0.3) is 5.91 Å². The minimum atomic E-state index is -0.0767. The maximum atomic E-state index is 12.5. The maximum absolute atomic E-state index is 12.5. The van der Waals surface area contributed by atoms with Crippen molar-refractivity contribution in [2.24, 2.45) is 5.92 Å². The van der Waals surface area contributed by atoms with E-state index >= 15 is 0 Å². The molecule has 0 radical (unpaired) electrons. The van der Waals surface area contributed by atoms with E-state index in [2.05, 4.69) is 10.3 Å². The highest BCUT2D eigenvalue weighted by Gasteiger charge is 2.21. The van der Waals surface area contributed by atoms with Crippen molar-refractivity contribution in [2.75, 3.05) is 38.7 Å². The molecule has 0 spiro atoms. The van der Waals surface area contributed by atoms with Gasteiger partial charge < -0.3 is 15.0 Å². The molecule has 0 aliphatic carbocycles. The molecular formula is C15H22ClN3O2. The van der Waals surface area contributed by atoms with Crippen LogP contribution >= 0.6 is 11.6 Å². The fraction of sp³-hybridized carbons (Fsp3) is 0.600. The largest absolute Gasteiger partial charge is 0.381 e. The van der Waals surface area contributed by atoms with Gasteiger partial charge in [0.2, 0.25) is 0 Å². The van der Waals surface area contributed by atoms with Crippen molar-refractivity contribution < 1.29 is 9.53 Å². The van der Waals surface area contributed by atoms with E-state index in [0.717, 1.165) is 32.6 Å². The van der Waals surface area contributed by atoms with Crippen molar-refractivity contribution in [3.63, 3.8) is 0 Å². The summed E-state index contributed by atoms with van der Waals surface area (Å²) in [6.45, 7) is 4.97. The van der Waals surface area contributed by atoms with Crippen LogP contribution in [-0.2, 0) is 4.74 Å². The van der Waals surface area contributed by atoms with Crippen LogP contribution in [0.25, 0.3) is 0 Å². The zero-order chi connectivity index (χ0) is 15.2. The number of hydrogen-bond donors (Lipinski definition) is 1. The standard InChI is InChI=1S/C15H22ClN3O2/c1-3-17-14-7-12(13(16)8-18-14)15(20)19(2)9-11-5-4-6-21-10-11/h7-8,11H,3-6,9-10H2,1-2H3,(H,17,18). The molecule has 1 atom stereocenters. The molecule has 1 aliphatic heterocycles. The van der Waals surface area contributed by atoms with E-state index in [-0.39, 0.29) is 5.91 Å². The second-order valence-corrected chi connectivity index (χ2v) is 5.76. The van der Waals surface area contributed by atoms with Crippen molar-refractivity contribution in [3.8, 4) is 0 Å². The molecule has 1 fully saturated rings. The van der Waals surface area contributed by atoms with Crippen LogP contribution in [0.1, 0.15) is 30.1 Å². The Kier molecular flexibility index (Phi) is 5.82. The van der Waals surface area contributed by atoms with Crippen LogP contribution in [0.2, 0.25) is 5.02 Å². The second-order valence-electron chi connectivity index (χ2n) is 5.35. The summed E-state index contributed by atoms with van der Waals surface area (Å²) in [5.41, 5.74) is 0.488. The van der Waals surface area contributed by atoms with E-state index in [1.54, 1.807) is 18.0 Å². The molecule has 1 aromatic heterocycles. The van der Waals surface area contributed by atoms with E-state index < -0.39 is 0 Å². The molecule has 0 bridgehead atoms. The normalized spacial score (nSPS) is 18.3. The third kappa shape index (κ3) is 4.32. The molecule has 1 N–H and O–H groups in total. The number of hydrogen-bond acceptors (Lipinski definition) is 4. The molecule has 1 unspecified atom stereocenters. The average Bonchev–Trinajstić information content (AvgIpc) is 2.50. The molecule has 116 valence electrons. The molecule has 1 amide bonds. The second kappa shape index (κ2) is 7.61. The van der Waals surface area contributed by atoms with Crippen molar-refractivity contribution in [3.05, 3.63) is 22.8 Å². The number of nitrogens with zero attached hydrogens (tertiary/aromatic N) is 2. The summed E-state index contributed by atoms with van der Waals surface area (Å²) in [5.74, 6) is 0.994. The molecule has 1 saturated heterocycles. The van der Waals surface area contributed by atoms with Gasteiger partial charge in [-0.1, -0.05) is 11.6 Å². The Morgan fingerprint density at radius 1 is 1.62 bits per heavy atom. The van der Waals surface area contributed by atoms with Crippen molar-refractivity contribution in [2.45, 2.75) is 19.8 Å². The smallest absolute Gasteiger partial charge is 0.255 e. The van der Waals surface area contributed by atoms with Gasteiger partial charge in [0, 0.05) is 32.9 Å². The Morgan fingerprint density at radius 2 is 2.43 bits per heavy atom. The van der Waals surface area contributed by atoms with Crippen LogP contribution in [0.4, 0.5) is 5.82 Å². The first-order valence-corrected chi connectivity index (χ1v) is 7.72. The van der Waals surface area contributed by atoms with Gasteiger partial charge in [-0.25, -0.2) is 4.98 Å². The first-order chi connectivity index (χ1) is 10.1. The van der Waals surface area contributed by atoms with E-state index in [1.165, 1.54) is 6.20 Å². The van der Waals surface area contributed by atoms with E-state index in [0.29, 0.717) is 28.9 Å². The molecular weight excluding hydrogens is 290 g/mol. The third-order valence-electron chi connectivity index (χ3n) is 3.58. The van der Waals surface area contributed by atoms with Crippen molar-refractivity contribution in [1.29, 1.82) is 0 Å². The van der Waals surface area contributed by atoms with E-state index in [9.17, 15) is 4.79 Å². The minimum absolute atomic E-state index is 0.0767. The number of nitrogens with one attached hydrogen (secondary N) is 1. The molecule has 5 nitrogen and oxygen atoms in total. The number of pyridine rings is 1. The molecule has 1 aromatic rings. The SMILES string of the molecule is CCNc1cc(C(=O)N(C)CC2CCCOC2)c(Cl)cn1. The van der Waals surface area contributed by atoms with Crippen LogP contribution in [-0.4, -0.2) is 49.1 Å². The van der Waals surface area contributed by atoms with Gasteiger partial charge in [-0.05, 0) is 31.7 Å². The summed E-state index contributed by atoms with van der Waals surface area (Å²) < 4.78 is 5.46. The summed E-state index contributed by atoms with van der Waals surface area (Å²) in [4.78, 5) is 18.4. The Labute approximate surface area is 130 Å². The lowest BCUT2D eigenvalue weighted by Crippen LogP contribution is -2.35. The molecule has 21 heavy (non-hydrogen) atoms. The summed E-state index contributed by atoms with van der Waals surface area (Å²) in [7, 11) is 1.81. The van der Waals surface area contributed by atoms with E-state index in [4.69, 9.17) is 16.3 Å². The minimum Gasteiger partial charge on any atom is -0.381 e. The Morgan fingerprint density at radius 3 is 3.10 bits per heavy atom. The molecule has 2 rings (SSSR count). The summed E-state index contributed by atoms with van der Waals surface area (Å²) >= 11 is 6.12. The van der Waals surface area contributed by atoms with Crippen molar-refractivity contribution >= 4 is 23.3 Å². The number of rotatable bonds is 5. The van der Waals surface area contributed by atoms with Crippen molar-refractivity contribution in [1.82, 2.24) is 9.88 Å². The monoisotopic (exact) mass is 311 g/mol. The first kappa shape index (κ1) is 16.0. The lowest BCUT2D eigenvalue weighted by Gasteiger charge is -2.27. The molecule has 2 heterocycles. The van der Waals surface area contributed by atoms with Gasteiger partial charge in [0.05, 0.1) is 17.2 Å².